The van der Waals surface area contributed by atoms with Crippen molar-refractivity contribution in [2.45, 2.75) is 6.92 Å². The van der Waals surface area contributed by atoms with Crippen LogP contribution in [0.1, 0.15) is 15.9 Å². The third-order valence-electron chi connectivity index (χ3n) is 2.56. The average molecular weight is 227 g/mol. The molecule has 1 aromatic carbocycles. The molecule has 17 heavy (non-hydrogen) atoms. The fourth-order valence-corrected chi connectivity index (χ4v) is 1.72. The van der Waals surface area contributed by atoms with Gasteiger partial charge >= 0.3 is 0 Å². The summed E-state index contributed by atoms with van der Waals surface area (Å²) in [5, 5.41) is 0. The molecule has 0 spiro atoms. The average Bonchev–Trinajstić information content (AvgIpc) is 2.38. The van der Waals surface area contributed by atoms with Gasteiger partial charge in [-0.1, -0.05) is 6.07 Å². The topological polar surface area (TPSA) is 39.2 Å². The minimum atomic E-state index is 0.548. The first-order valence-electron chi connectivity index (χ1n) is 5.30. The van der Waals surface area contributed by atoms with Gasteiger partial charge in [0.05, 0.1) is 12.7 Å². The minimum Gasteiger partial charge on any atom is -0.496 e. The number of hydrogen-bond donors (Lipinski definition) is 0. The van der Waals surface area contributed by atoms with Crippen molar-refractivity contribution < 1.29 is 9.53 Å². The number of carbonyl (C=O) groups is 1. The van der Waals surface area contributed by atoms with Gasteiger partial charge in [-0.3, -0.25) is 9.78 Å². The zero-order chi connectivity index (χ0) is 12.3. The summed E-state index contributed by atoms with van der Waals surface area (Å²) >= 11 is 0. The summed E-state index contributed by atoms with van der Waals surface area (Å²) in [6.07, 6.45) is 4.38. The van der Waals surface area contributed by atoms with E-state index in [4.69, 9.17) is 4.74 Å². The maximum Gasteiger partial charge on any atom is 0.153 e. The van der Waals surface area contributed by atoms with Crippen LogP contribution in [-0.4, -0.2) is 18.4 Å². The van der Waals surface area contributed by atoms with E-state index < -0.39 is 0 Å². The second-order valence-corrected chi connectivity index (χ2v) is 3.83. The first-order chi connectivity index (χ1) is 8.24. The Balaban J connectivity index is 2.50. The van der Waals surface area contributed by atoms with Crippen molar-refractivity contribution in [3.63, 3.8) is 0 Å². The molecule has 0 radical (unpaired) electrons. The van der Waals surface area contributed by atoms with Crippen LogP contribution in [0.25, 0.3) is 11.1 Å². The molecule has 3 heteroatoms. The first kappa shape index (κ1) is 11.3. The molecule has 0 fully saturated rings. The van der Waals surface area contributed by atoms with Crippen molar-refractivity contribution >= 4 is 6.29 Å². The van der Waals surface area contributed by atoms with Crippen LogP contribution in [0.3, 0.4) is 0 Å². The summed E-state index contributed by atoms with van der Waals surface area (Å²) in [5.74, 6) is 0.587. The van der Waals surface area contributed by atoms with Gasteiger partial charge in [-0.05, 0) is 36.2 Å². The van der Waals surface area contributed by atoms with Crippen LogP contribution in [-0.2, 0) is 0 Å². The number of benzene rings is 1. The lowest BCUT2D eigenvalue weighted by atomic mass is 10.0. The van der Waals surface area contributed by atoms with Crippen LogP contribution in [0.15, 0.2) is 36.7 Å². The fraction of sp³-hybridized carbons (Fsp3) is 0.143. The maximum atomic E-state index is 10.9. The minimum absolute atomic E-state index is 0.548. The van der Waals surface area contributed by atoms with Crippen molar-refractivity contribution in [2.24, 2.45) is 0 Å². The summed E-state index contributed by atoms with van der Waals surface area (Å²) in [5.41, 5.74) is 3.59. The normalized spacial score (nSPS) is 10.0. The monoisotopic (exact) mass is 227 g/mol. The second-order valence-electron chi connectivity index (χ2n) is 3.83. The molecular formula is C14H13NO2. The smallest absolute Gasteiger partial charge is 0.153 e. The summed E-state index contributed by atoms with van der Waals surface area (Å²) in [7, 11) is 1.55. The number of rotatable bonds is 3. The Morgan fingerprint density at radius 3 is 2.65 bits per heavy atom. The van der Waals surface area contributed by atoms with Crippen LogP contribution in [0.5, 0.6) is 5.75 Å². The fourth-order valence-electron chi connectivity index (χ4n) is 1.72. The Morgan fingerprint density at radius 2 is 2.00 bits per heavy atom. The summed E-state index contributed by atoms with van der Waals surface area (Å²) in [4.78, 5) is 15.1. The van der Waals surface area contributed by atoms with Gasteiger partial charge in [-0.2, -0.15) is 0 Å². The van der Waals surface area contributed by atoms with Crippen LogP contribution < -0.4 is 4.74 Å². The number of aryl methyl sites for hydroxylation is 1. The number of hydrogen-bond acceptors (Lipinski definition) is 3. The van der Waals surface area contributed by atoms with Gasteiger partial charge in [-0.25, -0.2) is 0 Å². The Hall–Kier alpha value is -2.16. The molecule has 0 aliphatic carbocycles. The van der Waals surface area contributed by atoms with E-state index in [0.717, 1.165) is 23.0 Å². The highest BCUT2D eigenvalue weighted by Gasteiger charge is 2.05. The molecule has 0 atom stereocenters. The molecule has 0 aliphatic heterocycles. The Kier molecular flexibility index (Phi) is 3.19. The van der Waals surface area contributed by atoms with E-state index in [0.29, 0.717) is 11.3 Å². The van der Waals surface area contributed by atoms with Gasteiger partial charge in [0, 0.05) is 18.0 Å². The maximum absolute atomic E-state index is 10.9. The van der Waals surface area contributed by atoms with Crippen LogP contribution in [0, 0.1) is 6.92 Å². The third-order valence-corrected chi connectivity index (χ3v) is 2.56. The predicted molar refractivity (Wildman–Crippen MR) is 66.3 cm³/mol. The molecule has 2 rings (SSSR count). The molecule has 0 bridgehead atoms. The zero-order valence-corrected chi connectivity index (χ0v) is 9.81. The summed E-state index contributed by atoms with van der Waals surface area (Å²) in [6, 6.07) is 7.55. The number of methoxy groups -OCH3 is 1. The number of nitrogens with zero attached hydrogens (tertiary/aromatic N) is 1. The van der Waals surface area contributed by atoms with E-state index in [1.165, 1.54) is 0 Å². The molecule has 0 N–H and O–H groups in total. The van der Waals surface area contributed by atoms with Crippen molar-refractivity contribution in [3.05, 3.63) is 47.8 Å². The molecule has 0 aliphatic rings. The van der Waals surface area contributed by atoms with Crippen molar-refractivity contribution in [1.29, 1.82) is 0 Å². The lowest BCUT2D eigenvalue weighted by molar-refractivity contribution is 0.112. The van der Waals surface area contributed by atoms with Crippen LogP contribution >= 0.6 is 0 Å². The zero-order valence-electron chi connectivity index (χ0n) is 9.81. The van der Waals surface area contributed by atoms with Gasteiger partial charge in [0.2, 0.25) is 0 Å². The number of carbonyl (C=O) groups excluding carboxylic acids is 1. The van der Waals surface area contributed by atoms with E-state index in [9.17, 15) is 4.79 Å². The molecule has 0 saturated heterocycles. The quantitative estimate of drug-likeness (QED) is 0.757. The largest absolute Gasteiger partial charge is 0.496 e. The van der Waals surface area contributed by atoms with Gasteiger partial charge in [0.1, 0.15) is 5.75 Å². The van der Waals surface area contributed by atoms with E-state index in [-0.39, 0.29) is 0 Å². The van der Waals surface area contributed by atoms with E-state index in [1.54, 1.807) is 25.6 Å². The first-order valence-corrected chi connectivity index (χ1v) is 5.30. The molecule has 1 aromatic heterocycles. The molecule has 3 nitrogen and oxygen atoms in total. The molecule has 0 amide bonds. The van der Waals surface area contributed by atoms with E-state index in [1.807, 2.05) is 25.1 Å². The Morgan fingerprint density at radius 1 is 1.18 bits per heavy atom. The standard InChI is InChI=1S/C14H13NO2/c1-10-5-12(8-15-7-10)11-3-4-14(17-2)13(6-11)9-16/h3-9H,1-2H3. The van der Waals surface area contributed by atoms with E-state index in [2.05, 4.69) is 4.98 Å². The molecule has 86 valence electrons. The van der Waals surface area contributed by atoms with Gasteiger partial charge in [0.25, 0.3) is 0 Å². The Labute approximate surface area is 100 Å². The van der Waals surface area contributed by atoms with Crippen molar-refractivity contribution in [3.8, 4) is 16.9 Å². The molecule has 2 aromatic rings. The highest BCUT2D eigenvalue weighted by Crippen LogP contribution is 2.25. The lowest BCUT2D eigenvalue weighted by Gasteiger charge is -2.07. The third kappa shape index (κ3) is 2.33. The SMILES string of the molecule is COc1ccc(-c2cncc(C)c2)cc1C=O. The van der Waals surface area contributed by atoms with Gasteiger partial charge < -0.3 is 4.74 Å². The lowest BCUT2D eigenvalue weighted by Crippen LogP contribution is -1.91. The summed E-state index contributed by atoms with van der Waals surface area (Å²) < 4.78 is 5.10. The van der Waals surface area contributed by atoms with Crippen molar-refractivity contribution in [1.82, 2.24) is 4.98 Å². The number of pyridine rings is 1. The summed E-state index contributed by atoms with van der Waals surface area (Å²) in [6.45, 7) is 1.99. The molecule has 1 heterocycles. The Bertz CT molecular complexity index is 550. The highest BCUT2D eigenvalue weighted by atomic mass is 16.5. The van der Waals surface area contributed by atoms with Crippen LogP contribution in [0.2, 0.25) is 0 Å². The van der Waals surface area contributed by atoms with Crippen molar-refractivity contribution in [2.75, 3.05) is 7.11 Å². The number of aromatic nitrogens is 1. The molecule has 0 saturated carbocycles. The number of aldehydes is 1. The number of ether oxygens (including phenoxy) is 1. The van der Waals surface area contributed by atoms with Crippen LogP contribution in [0.4, 0.5) is 0 Å². The molecule has 0 unspecified atom stereocenters. The highest BCUT2D eigenvalue weighted by molar-refractivity contribution is 5.82. The van der Waals surface area contributed by atoms with Gasteiger partial charge in [-0.15, -0.1) is 0 Å². The van der Waals surface area contributed by atoms with E-state index >= 15 is 0 Å². The second kappa shape index (κ2) is 4.78. The predicted octanol–water partition coefficient (Wildman–Crippen LogP) is 2.88. The van der Waals surface area contributed by atoms with Gasteiger partial charge in [0.15, 0.2) is 6.29 Å². The molecular weight excluding hydrogens is 214 g/mol.